The Morgan fingerprint density at radius 3 is 2.59 bits per heavy atom. The third-order valence-electron chi connectivity index (χ3n) is 4.67. The number of benzene rings is 1. The van der Waals surface area contributed by atoms with Gasteiger partial charge in [-0.3, -0.25) is 4.79 Å². The largest absolute Gasteiger partial charge is 0.495 e. The number of sulfonamides is 1. The van der Waals surface area contributed by atoms with E-state index in [1.807, 2.05) is 13.8 Å². The molecular weight excluding hydrogens is 398 g/mol. The van der Waals surface area contributed by atoms with Crippen LogP contribution in [-0.2, 0) is 14.8 Å². The number of anilines is 1. The Labute approximate surface area is 170 Å². The summed E-state index contributed by atoms with van der Waals surface area (Å²) in [5.74, 6) is 0.342. The summed E-state index contributed by atoms with van der Waals surface area (Å²) in [6, 6.07) is 4.38. The number of nitrogens with zero attached hydrogens (tertiary/aromatic N) is 2. The summed E-state index contributed by atoms with van der Waals surface area (Å²) in [7, 11) is -2.26. The van der Waals surface area contributed by atoms with Crippen LogP contribution in [0.4, 0.5) is 5.69 Å². The highest BCUT2D eigenvalue weighted by atomic mass is 32.2. The van der Waals surface area contributed by atoms with Crippen LogP contribution < -0.4 is 10.1 Å². The standard InChI is InChI=1S/C19H25N3O6S/c1-12(2)18-17(13(3)21-28-18)19(23)20-15-11-14(5-6-16(15)26-4)29(24,25)22-7-9-27-10-8-22/h5-6,11-12H,7-10H2,1-4H3,(H,20,23). The number of ether oxygens (including phenoxy) is 2. The van der Waals surface area contributed by atoms with Crippen molar-refractivity contribution in [3.05, 3.63) is 35.2 Å². The maximum Gasteiger partial charge on any atom is 0.261 e. The molecule has 1 aromatic carbocycles. The predicted octanol–water partition coefficient (Wildman–Crippen LogP) is 2.39. The maximum atomic E-state index is 12.9. The van der Waals surface area contributed by atoms with Crippen molar-refractivity contribution in [1.29, 1.82) is 0 Å². The van der Waals surface area contributed by atoms with Gasteiger partial charge in [0.25, 0.3) is 5.91 Å². The van der Waals surface area contributed by atoms with Crippen molar-refractivity contribution in [2.45, 2.75) is 31.6 Å². The second-order valence-corrected chi connectivity index (χ2v) is 8.93. The molecule has 1 aliphatic rings. The lowest BCUT2D eigenvalue weighted by atomic mass is 10.0. The molecule has 0 atom stereocenters. The summed E-state index contributed by atoms with van der Waals surface area (Å²) in [6.45, 7) is 6.75. The monoisotopic (exact) mass is 423 g/mol. The van der Waals surface area contributed by atoms with E-state index < -0.39 is 15.9 Å². The average Bonchev–Trinajstić information content (AvgIpc) is 3.10. The number of amides is 1. The lowest BCUT2D eigenvalue weighted by Crippen LogP contribution is -2.40. The van der Waals surface area contributed by atoms with Crippen LogP contribution in [0.5, 0.6) is 5.75 Å². The number of hydrogen-bond acceptors (Lipinski definition) is 7. The fraction of sp³-hybridized carbons (Fsp3) is 0.474. The summed E-state index contributed by atoms with van der Waals surface area (Å²) in [6.07, 6.45) is 0. The minimum Gasteiger partial charge on any atom is -0.495 e. The third-order valence-corrected chi connectivity index (χ3v) is 6.56. The van der Waals surface area contributed by atoms with Crippen molar-refractivity contribution >= 4 is 21.6 Å². The SMILES string of the molecule is COc1ccc(S(=O)(=O)N2CCOCC2)cc1NC(=O)c1c(C)noc1C(C)C. The molecular formula is C19H25N3O6S. The molecule has 3 rings (SSSR count). The van der Waals surface area contributed by atoms with Crippen LogP contribution >= 0.6 is 0 Å². The number of hydrogen-bond donors (Lipinski definition) is 1. The van der Waals surface area contributed by atoms with Gasteiger partial charge in [0.1, 0.15) is 11.3 Å². The molecule has 1 amide bonds. The molecule has 1 aromatic heterocycles. The molecule has 1 aliphatic heterocycles. The Morgan fingerprint density at radius 1 is 1.28 bits per heavy atom. The Kier molecular flexibility index (Phi) is 6.25. The smallest absolute Gasteiger partial charge is 0.261 e. The van der Waals surface area contributed by atoms with Gasteiger partial charge in [-0.1, -0.05) is 19.0 Å². The van der Waals surface area contributed by atoms with Gasteiger partial charge in [-0.05, 0) is 25.1 Å². The first-order valence-corrected chi connectivity index (χ1v) is 10.7. The molecule has 0 radical (unpaired) electrons. The van der Waals surface area contributed by atoms with E-state index in [0.29, 0.717) is 36.0 Å². The van der Waals surface area contributed by atoms with E-state index >= 15 is 0 Å². The summed E-state index contributed by atoms with van der Waals surface area (Å²) < 4.78 is 43.1. The fourth-order valence-corrected chi connectivity index (χ4v) is 4.56. The zero-order chi connectivity index (χ0) is 21.2. The van der Waals surface area contributed by atoms with Gasteiger partial charge in [0.2, 0.25) is 10.0 Å². The fourth-order valence-electron chi connectivity index (χ4n) is 3.12. The average molecular weight is 423 g/mol. The van der Waals surface area contributed by atoms with Crippen LogP contribution in [0.3, 0.4) is 0 Å². The summed E-state index contributed by atoms with van der Waals surface area (Å²) in [5.41, 5.74) is 1.05. The van der Waals surface area contributed by atoms with Gasteiger partial charge in [-0.2, -0.15) is 4.31 Å². The Balaban J connectivity index is 1.94. The third kappa shape index (κ3) is 4.29. The number of aromatic nitrogens is 1. The lowest BCUT2D eigenvalue weighted by Gasteiger charge is -2.26. The molecule has 29 heavy (non-hydrogen) atoms. The van der Waals surface area contributed by atoms with Crippen molar-refractivity contribution in [2.24, 2.45) is 0 Å². The number of nitrogens with one attached hydrogen (secondary N) is 1. The topological polar surface area (TPSA) is 111 Å². The van der Waals surface area contributed by atoms with Crippen LogP contribution in [0.1, 0.15) is 41.6 Å². The summed E-state index contributed by atoms with van der Waals surface area (Å²) in [5, 5.41) is 6.62. The molecule has 2 heterocycles. The zero-order valence-electron chi connectivity index (χ0n) is 16.9. The summed E-state index contributed by atoms with van der Waals surface area (Å²) >= 11 is 0. The molecule has 1 saturated heterocycles. The van der Waals surface area contributed by atoms with Crippen LogP contribution in [0.15, 0.2) is 27.6 Å². The van der Waals surface area contributed by atoms with Crippen molar-refractivity contribution in [3.63, 3.8) is 0 Å². The molecule has 0 spiro atoms. The van der Waals surface area contributed by atoms with Gasteiger partial charge in [0.15, 0.2) is 5.76 Å². The molecule has 1 N–H and O–H groups in total. The number of rotatable bonds is 6. The molecule has 0 bridgehead atoms. The molecule has 1 fully saturated rings. The van der Waals surface area contributed by atoms with Crippen LogP contribution in [0.25, 0.3) is 0 Å². The number of methoxy groups -OCH3 is 1. The van der Waals surface area contributed by atoms with Gasteiger partial charge in [0.05, 0.1) is 36.6 Å². The van der Waals surface area contributed by atoms with Crippen molar-refractivity contribution < 1.29 is 27.2 Å². The van der Waals surface area contributed by atoms with Gasteiger partial charge in [0, 0.05) is 19.0 Å². The van der Waals surface area contributed by atoms with Crippen molar-refractivity contribution in [3.8, 4) is 5.75 Å². The van der Waals surface area contributed by atoms with E-state index in [9.17, 15) is 13.2 Å². The Hall–Kier alpha value is -2.43. The molecule has 0 aliphatic carbocycles. The second-order valence-electron chi connectivity index (χ2n) is 6.99. The predicted molar refractivity (Wildman–Crippen MR) is 106 cm³/mol. The molecule has 0 saturated carbocycles. The van der Waals surface area contributed by atoms with Gasteiger partial charge in [-0.25, -0.2) is 8.42 Å². The van der Waals surface area contributed by atoms with E-state index in [4.69, 9.17) is 14.0 Å². The van der Waals surface area contributed by atoms with E-state index in [0.717, 1.165) is 0 Å². The molecule has 2 aromatic rings. The summed E-state index contributed by atoms with van der Waals surface area (Å²) in [4.78, 5) is 13.0. The number of morpholine rings is 1. The number of aryl methyl sites for hydroxylation is 1. The quantitative estimate of drug-likeness (QED) is 0.759. The molecule has 9 nitrogen and oxygen atoms in total. The molecule has 10 heteroatoms. The molecule has 158 valence electrons. The highest BCUT2D eigenvalue weighted by Crippen LogP contribution is 2.31. The maximum absolute atomic E-state index is 12.9. The van der Waals surface area contributed by atoms with Gasteiger partial charge >= 0.3 is 0 Å². The lowest BCUT2D eigenvalue weighted by molar-refractivity contribution is 0.0730. The minimum atomic E-state index is -3.71. The minimum absolute atomic E-state index is 0.0353. The Bertz CT molecular complexity index is 993. The zero-order valence-corrected chi connectivity index (χ0v) is 17.7. The number of carbonyl (C=O) groups is 1. The van der Waals surface area contributed by atoms with Crippen molar-refractivity contribution in [1.82, 2.24) is 9.46 Å². The van der Waals surface area contributed by atoms with Crippen molar-refractivity contribution in [2.75, 3.05) is 38.7 Å². The van der Waals surface area contributed by atoms with E-state index in [-0.39, 0.29) is 29.6 Å². The van der Waals surface area contributed by atoms with E-state index in [2.05, 4.69) is 10.5 Å². The first kappa shape index (κ1) is 21.3. The van der Waals surface area contributed by atoms with E-state index in [1.165, 1.54) is 29.6 Å². The first-order chi connectivity index (χ1) is 13.8. The molecule has 0 unspecified atom stereocenters. The normalized spacial score (nSPS) is 15.5. The van der Waals surface area contributed by atoms with Gasteiger partial charge < -0.3 is 19.3 Å². The van der Waals surface area contributed by atoms with Crippen LogP contribution in [-0.4, -0.2) is 57.2 Å². The second kappa shape index (κ2) is 8.52. The highest BCUT2D eigenvalue weighted by molar-refractivity contribution is 7.89. The first-order valence-electron chi connectivity index (χ1n) is 9.29. The number of carbonyl (C=O) groups excluding carboxylic acids is 1. The Morgan fingerprint density at radius 2 is 1.97 bits per heavy atom. The van der Waals surface area contributed by atoms with Gasteiger partial charge in [-0.15, -0.1) is 0 Å². The van der Waals surface area contributed by atoms with Crippen LogP contribution in [0.2, 0.25) is 0 Å². The highest BCUT2D eigenvalue weighted by Gasteiger charge is 2.28. The van der Waals surface area contributed by atoms with Crippen LogP contribution in [0, 0.1) is 6.92 Å². The van der Waals surface area contributed by atoms with E-state index in [1.54, 1.807) is 6.92 Å².